The van der Waals surface area contributed by atoms with E-state index in [1.165, 1.54) is 19.2 Å². The molecule has 0 saturated heterocycles. The highest BCUT2D eigenvalue weighted by Crippen LogP contribution is 2.07. The van der Waals surface area contributed by atoms with Gasteiger partial charge in [-0.25, -0.2) is 19.2 Å². The average molecular weight is 330 g/mol. The van der Waals surface area contributed by atoms with Crippen molar-refractivity contribution >= 4 is 17.7 Å². The van der Waals surface area contributed by atoms with Crippen molar-refractivity contribution in [3.05, 3.63) is 58.0 Å². The molecule has 0 spiro atoms. The van der Waals surface area contributed by atoms with Gasteiger partial charge < -0.3 is 15.2 Å². The summed E-state index contributed by atoms with van der Waals surface area (Å²) >= 11 is 0. The van der Waals surface area contributed by atoms with E-state index in [1.54, 1.807) is 18.2 Å². The number of aromatic nitrogens is 1. The van der Waals surface area contributed by atoms with Crippen molar-refractivity contribution in [2.75, 3.05) is 12.4 Å². The number of nitrogens with zero attached hydrogens (tertiary/aromatic N) is 2. The highest BCUT2D eigenvalue weighted by Gasteiger charge is 2.16. The minimum atomic E-state index is -0.495. The Balaban J connectivity index is 1.68. The Labute approximate surface area is 136 Å². The van der Waals surface area contributed by atoms with Gasteiger partial charge in [-0.3, -0.25) is 5.32 Å². The molecule has 0 saturated carbocycles. The first-order chi connectivity index (χ1) is 11.6. The zero-order valence-corrected chi connectivity index (χ0v) is 12.8. The quantitative estimate of drug-likeness (QED) is 0.738. The Hall–Kier alpha value is -3.00. The molecule has 0 fully saturated rings. The number of carbonyl (C=O) groups is 1. The van der Waals surface area contributed by atoms with E-state index in [1.807, 2.05) is 0 Å². The van der Waals surface area contributed by atoms with Crippen LogP contribution in [0.3, 0.4) is 0 Å². The largest absolute Gasteiger partial charge is 0.480 e. The number of carbonyl (C=O) groups excluding carboxylic acids is 1. The standard InChI is InChI=1S/C16H15FN4O3/c1-24-15-14-11(20-15)6-13(19-12(14)8-22)21-16(23)18-7-9-3-2-4-10(17)5-9/h2-6,22H,7-8H2,1H3,(H2,18,19,21,23). The van der Waals surface area contributed by atoms with Crippen LogP contribution in [0.5, 0.6) is 0 Å². The fraction of sp³-hybridized carbons (Fsp3) is 0.188. The van der Waals surface area contributed by atoms with E-state index in [4.69, 9.17) is 4.74 Å². The van der Waals surface area contributed by atoms with Crippen LogP contribution in [-0.4, -0.2) is 23.2 Å². The lowest BCUT2D eigenvalue weighted by Crippen LogP contribution is -2.41. The number of hydrogen-bond donors (Lipinski definition) is 3. The van der Waals surface area contributed by atoms with Gasteiger partial charge in [0.2, 0.25) is 5.88 Å². The van der Waals surface area contributed by atoms with Crippen molar-refractivity contribution in [1.29, 1.82) is 0 Å². The van der Waals surface area contributed by atoms with E-state index in [0.29, 0.717) is 27.7 Å². The molecule has 0 aliphatic carbocycles. The number of pyridine rings is 1. The van der Waals surface area contributed by atoms with E-state index >= 15 is 0 Å². The number of urea groups is 1. The minimum Gasteiger partial charge on any atom is -0.480 e. The van der Waals surface area contributed by atoms with E-state index < -0.39 is 6.03 Å². The van der Waals surface area contributed by atoms with Crippen LogP contribution in [0.15, 0.2) is 35.3 Å². The van der Waals surface area contributed by atoms with E-state index in [9.17, 15) is 14.3 Å². The Morgan fingerprint density at radius 1 is 1.38 bits per heavy atom. The van der Waals surface area contributed by atoms with Crippen molar-refractivity contribution in [3.8, 4) is 0 Å². The lowest BCUT2D eigenvalue weighted by atomic mass is 10.2. The molecule has 1 aromatic carbocycles. The first kappa shape index (κ1) is 15.9. The normalized spacial score (nSPS) is 11.9. The molecule has 124 valence electrons. The molecule has 3 rings (SSSR count). The molecule has 0 unspecified atom stereocenters. The van der Waals surface area contributed by atoms with Gasteiger partial charge in [0.25, 0.3) is 0 Å². The van der Waals surface area contributed by atoms with Gasteiger partial charge in [0.05, 0.1) is 30.0 Å². The Morgan fingerprint density at radius 2 is 2.21 bits per heavy atom. The zero-order valence-electron chi connectivity index (χ0n) is 12.8. The second-order valence-corrected chi connectivity index (χ2v) is 5.07. The zero-order chi connectivity index (χ0) is 17.1. The van der Waals surface area contributed by atoms with Gasteiger partial charge in [0, 0.05) is 12.6 Å². The number of aliphatic hydroxyl groups is 1. The maximum absolute atomic E-state index is 13.1. The number of hydrogen-bond acceptors (Lipinski definition) is 5. The summed E-state index contributed by atoms with van der Waals surface area (Å²) in [6.07, 6.45) is 0. The predicted molar refractivity (Wildman–Crippen MR) is 83.6 cm³/mol. The Morgan fingerprint density at radius 3 is 2.92 bits per heavy atom. The molecule has 7 nitrogen and oxygen atoms in total. The second-order valence-electron chi connectivity index (χ2n) is 5.07. The third-order valence-electron chi connectivity index (χ3n) is 3.44. The van der Waals surface area contributed by atoms with E-state index in [0.717, 1.165) is 0 Å². The predicted octanol–water partition coefficient (Wildman–Crippen LogP) is 0.380. The molecular weight excluding hydrogens is 315 g/mol. The fourth-order valence-corrected chi connectivity index (χ4v) is 2.33. The third-order valence-corrected chi connectivity index (χ3v) is 3.44. The molecule has 1 aliphatic rings. The smallest absolute Gasteiger partial charge is 0.320 e. The molecule has 8 heteroatoms. The summed E-state index contributed by atoms with van der Waals surface area (Å²) in [5, 5.41) is 15.8. The van der Waals surface area contributed by atoms with Crippen LogP contribution in [0.2, 0.25) is 0 Å². The highest BCUT2D eigenvalue weighted by molar-refractivity contribution is 5.88. The second kappa shape index (κ2) is 6.63. The first-order valence-corrected chi connectivity index (χ1v) is 7.18. The lowest BCUT2D eigenvalue weighted by Gasteiger charge is -2.13. The van der Waals surface area contributed by atoms with Crippen LogP contribution < -0.4 is 21.2 Å². The number of nitrogens with one attached hydrogen (secondary N) is 2. The van der Waals surface area contributed by atoms with Gasteiger partial charge in [0.15, 0.2) is 0 Å². The molecule has 1 aliphatic heterocycles. The molecular formula is C16H15FN4O3. The monoisotopic (exact) mass is 330 g/mol. The van der Waals surface area contributed by atoms with E-state index in [-0.39, 0.29) is 24.8 Å². The Kier molecular flexibility index (Phi) is 4.39. The number of methoxy groups -OCH3 is 1. The molecule has 1 aromatic heterocycles. The summed E-state index contributed by atoms with van der Waals surface area (Å²) in [7, 11) is 1.48. The third kappa shape index (κ3) is 3.18. The van der Waals surface area contributed by atoms with Crippen LogP contribution in [0.25, 0.3) is 5.88 Å². The van der Waals surface area contributed by atoms with Gasteiger partial charge in [0.1, 0.15) is 11.6 Å². The van der Waals surface area contributed by atoms with E-state index in [2.05, 4.69) is 20.6 Å². The maximum Gasteiger partial charge on any atom is 0.320 e. The molecule has 24 heavy (non-hydrogen) atoms. The number of halogens is 1. The van der Waals surface area contributed by atoms with Crippen LogP contribution >= 0.6 is 0 Å². The SMILES string of the molecule is COC1=c2c(CO)nc(NC(=O)NCc3cccc(F)c3)cc2=N1. The summed E-state index contributed by atoms with van der Waals surface area (Å²) in [6, 6.07) is 7.04. The Bertz CT molecular complexity index is 914. The van der Waals surface area contributed by atoms with Crippen LogP contribution in [0, 0.1) is 5.82 Å². The first-order valence-electron chi connectivity index (χ1n) is 7.18. The number of anilines is 1. The number of aliphatic hydroxyl groups excluding tert-OH is 1. The average Bonchev–Trinajstić information content (AvgIpc) is 2.55. The molecule has 2 amide bonds. The summed E-state index contributed by atoms with van der Waals surface area (Å²) in [4.78, 5) is 20.2. The van der Waals surface area contributed by atoms with Crippen molar-refractivity contribution in [2.45, 2.75) is 13.2 Å². The van der Waals surface area contributed by atoms with Crippen molar-refractivity contribution in [3.63, 3.8) is 0 Å². The van der Waals surface area contributed by atoms with Crippen molar-refractivity contribution < 1.29 is 19.0 Å². The summed E-state index contributed by atoms with van der Waals surface area (Å²) < 4.78 is 18.1. The van der Waals surface area contributed by atoms with Crippen molar-refractivity contribution in [2.24, 2.45) is 4.99 Å². The molecule has 0 radical (unpaired) electrons. The highest BCUT2D eigenvalue weighted by atomic mass is 19.1. The number of fused-ring (bicyclic) bond motifs is 1. The molecule has 2 aromatic rings. The fourth-order valence-electron chi connectivity index (χ4n) is 2.33. The summed E-state index contributed by atoms with van der Waals surface area (Å²) in [5.74, 6) is 0.301. The topological polar surface area (TPSA) is 95.8 Å². The molecule has 2 heterocycles. The summed E-state index contributed by atoms with van der Waals surface area (Å²) in [6.45, 7) is -0.126. The maximum atomic E-state index is 13.1. The van der Waals surface area contributed by atoms with Gasteiger partial charge >= 0.3 is 6.03 Å². The van der Waals surface area contributed by atoms with Crippen LogP contribution in [0.4, 0.5) is 15.0 Å². The number of benzene rings is 1. The van der Waals surface area contributed by atoms with Gasteiger partial charge in [-0.2, -0.15) is 0 Å². The van der Waals surface area contributed by atoms with Gasteiger partial charge in [-0.1, -0.05) is 12.1 Å². The number of amides is 2. The number of ether oxygens (including phenoxy) is 1. The molecule has 0 bridgehead atoms. The van der Waals surface area contributed by atoms with Crippen molar-refractivity contribution in [1.82, 2.24) is 10.3 Å². The summed E-state index contributed by atoms with van der Waals surface area (Å²) in [5.41, 5.74) is 1.01. The lowest BCUT2D eigenvalue weighted by molar-refractivity contribution is 0.251. The van der Waals surface area contributed by atoms with Crippen LogP contribution in [-0.2, 0) is 17.9 Å². The van der Waals surface area contributed by atoms with Gasteiger partial charge in [-0.05, 0) is 17.7 Å². The molecule has 3 N–H and O–H groups in total. The minimum absolute atomic E-state index is 0.174. The van der Waals surface area contributed by atoms with Gasteiger partial charge in [-0.15, -0.1) is 0 Å². The molecule has 0 atom stereocenters. The number of rotatable bonds is 5. The van der Waals surface area contributed by atoms with Crippen LogP contribution in [0.1, 0.15) is 11.3 Å².